The van der Waals surface area contributed by atoms with E-state index in [0.29, 0.717) is 10.2 Å². The summed E-state index contributed by atoms with van der Waals surface area (Å²) in [6.07, 6.45) is 2.84. The molecule has 2 aromatic rings. The molecule has 0 saturated heterocycles. The molecular weight excluding hydrogens is 316 g/mol. The summed E-state index contributed by atoms with van der Waals surface area (Å²) in [6.45, 7) is 1.90. The van der Waals surface area contributed by atoms with Crippen LogP contribution in [0.2, 0.25) is 0 Å². The number of aryl methyl sites for hydroxylation is 1. The Kier molecular flexibility index (Phi) is 3.68. The summed E-state index contributed by atoms with van der Waals surface area (Å²) < 4.78 is 27.4. The fourth-order valence-corrected chi connectivity index (χ4v) is 2.94. The van der Waals surface area contributed by atoms with E-state index in [2.05, 4.69) is 25.6 Å². The van der Waals surface area contributed by atoms with Crippen molar-refractivity contribution in [2.45, 2.75) is 11.8 Å². The first-order chi connectivity index (χ1) is 8.49. The highest BCUT2D eigenvalue weighted by atomic mass is 79.9. The number of rotatable bonds is 3. The number of nitrogens with one attached hydrogen (secondary N) is 1. The number of anilines is 1. The number of halogens is 1. The molecule has 94 valence electrons. The topological polar surface area (TPSA) is 59.1 Å². The van der Waals surface area contributed by atoms with Crippen molar-refractivity contribution in [1.82, 2.24) is 4.98 Å². The largest absolute Gasteiger partial charge is 0.278 e. The van der Waals surface area contributed by atoms with Crippen molar-refractivity contribution in [3.05, 3.63) is 52.8 Å². The summed E-state index contributed by atoms with van der Waals surface area (Å²) in [4.78, 5) is 3.94. The maximum absolute atomic E-state index is 12.1. The van der Waals surface area contributed by atoms with Gasteiger partial charge >= 0.3 is 0 Å². The highest BCUT2D eigenvalue weighted by Crippen LogP contribution is 2.25. The van der Waals surface area contributed by atoms with E-state index < -0.39 is 10.0 Å². The average molecular weight is 327 g/mol. The Bertz CT molecular complexity index is 657. The molecular formula is C12H11BrN2O2S. The van der Waals surface area contributed by atoms with Gasteiger partial charge in [-0.25, -0.2) is 8.42 Å². The summed E-state index contributed by atoms with van der Waals surface area (Å²) in [5.41, 5.74) is 1.49. The Balaban J connectivity index is 2.37. The van der Waals surface area contributed by atoms with Crippen LogP contribution in [0.1, 0.15) is 5.56 Å². The van der Waals surface area contributed by atoms with Crippen LogP contribution in [0.4, 0.5) is 5.69 Å². The molecule has 0 aliphatic rings. The quantitative estimate of drug-likeness (QED) is 0.943. The first kappa shape index (κ1) is 13.0. The third-order valence-corrected chi connectivity index (χ3v) is 4.35. The van der Waals surface area contributed by atoms with Crippen molar-refractivity contribution < 1.29 is 8.42 Å². The van der Waals surface area contributed by atoms with Gasteiger partial charge in [-0.15, -0.1) is 0 Å². The molecule has 1 heterocycles. The molecule has 1 aromatic heterocycles. The number of hydrogen-bond acceptors (Lipinski definition) is 3. The Morgan fingerprint density at radius 2 is 2.06 bits per heavy atom. The Hall–Kier alpha value is -1.40. The lowest BCUT2D eigenvalue weighted by atomic mass is 10.2. The highest BCUT2D eigenvalue weighted by Gasteiger charge is 2.15. The second-order valence-electron chi connectivity index (χ2n) is 3.78. The van der Waals surface area contributed by atoms with Crippen molar-refractivity contribution in [2.24, 2.45) is 0 Å². The van der Waals surface area contributed by atoms with E-state index in [1.54, 1.807) is 18.2 Å². The molecule has 0 fully saturated rings. The zero-order valence-electron chi connectivity index (χ0n) is 9.59. The molecule has 1 aromatic carbocycles. The van der Waals surface area contributed by atoms with Crippen molar-refractivity contribution in [3.63, 3.8) is 0 Å². The van der Waals surface area contributed by atoms with Gasteiger partial charge in [0.2, 0.25) is 0 Å². The Labute approximate surface area is 114 Å². The van der Waals surface area contributed by atoms with Crippen LogP contribution in [0.15, 0.2) is 52.1 Å². The van der Waals surface area contributed by atoms with Crippen molar-refractivity contribution in [2.75, 3.05) is 4.72 Å². The van der Waals surface area contributed by atoms with Gasteiger partial charge in [-0.1, -0.05) is 6.07 Å². The minimum absolute atomic E-state index is 0.137. The third-order valence-electron chi connectivity index (χ3n) is 2.31. The van der Waals surface area contributed by atoms with Crippen LogP contribution in [-0.4, -0.2) is 13.4 Å². The predicted molar refractivity (Wildman–Crippen MR) is 73.9 cm³/mol. The van der Waals surface area contributed by atoms with Crippen LogP contribution < -0.4 is 4.72 Å². The third kappa shape index (κ3) is 2.88. The van der Waals surface area contributed by atoms with Gasteiger partial charge in [0, 0.05) is 16.9 Å². The van der Waals surface area contributed by atoms with Crippen LogP contribution in [-0.2, 0) is 10.0 Å². The molecule has 2 rings (SSSR count). The molecule has 0 aliphatic carbocycles. The SMILES string of the molecule is Cc1ccc(Br)c(NS(=O)(=O)c2cccnc2)c1. The lowest BCUT2D eigenvalue weighted by molar-refractivity contribution is 0.601. The Morgan fingerprint density at radius 1 is 1.28 bits per heavy atom. The molecule has 0 unspecified atom stereocenters. The van der Waals surface area contributed by atoms with E-state index in [1.165, 1.54) is 18.5 Å². The molecule has 1 N–H and O–H groups in total. The van der Waals surface area contributed by atoms with Gasteiger partial charge in [0.05, 0.1) is 5.69 Å². The molecule has 18 heavy (non-hydrogen) atoms. The van der Waals surface area contributed by atoms with Crippen LogP contribution in [0.5, 0.6) is 0 Å². The zero-order chi connectivity index (χ0) is 13.2. The number of sulfonamides is 1. The van der Waals surface area contributed by atoms with E-state index >= 15 is 0 Å². The van der Waals surface area contributed by atoms with Gasteiger partial charge < -0.3 is 0 Å². The molecule has 6 heteroatoms. The van der Waals surface area contributed by atoms with Gasteiger partial charge in [-0.3, -0.25) is 9.71 Å². The number of aromatic nitrogens is 1. The first-order valence-corrected chi connectivity index (χ1v) is 7.46. The minimum atomic E-state index is -3.60. The summed E-state index contributed by atoms with van der Waals surface area (Å²) in [5.74, 6) is 0. The summed E-state index contributed by atoms with van der Waals surface area (Å²) in [6, 6.07) is 8.54. The van der Waals surface area contributed by atoms with Gasteiger partial charge in [0.25, 0.3) is 10.0 Å². The molecule has 0 amide bonds. The van der Waals surface area contributed by atoms with Gasteiger partial charge in [-0.05, 0) is 52.7 Å². The average Bonchev–Trinajstić information content (AvgIpc) is 2.35. The van der Waals surface area contributed by atoms with Crippen molar-refractivity contribution in [3.8, 4) is 0 Å². The second kappa shape index (κ2) is 5.07. The predicted octanol–water partition coefficient (Wildman–Crippen LogP) is 2.95. The zero-order valence-corrected chi connectivity index (χ0v) is 12.0. The van der Waals surface area contributed by atoms with E-state index in [4.69, 9.17) is 0 Å². The molecule has 0 atom stereocenters. The van der Waals surface area contributed by atoms with Crippen LogP contribution in [0, 0.1) is 6.92 Å². The lowest BCUT2D eigenvalue weighted by Gasteiger charge is -2.10. The summed E-state index contributed by atoms with van der Waals surface area (Å²) in [7, 11) is -3.60. The highest BCUT2D eigenvalue weighted by molar-refractivity contribution is 9.10. The second-order valence-corrected chi connectivity index (χ2v) is 6.31. The smallest absolute Gasteiger partial charge is 0.263 e. The maximum Gasteiger partial charge on any atom is 0.263 e. The minimum Gasteiger partial charge on any atom is -0.278 e. The number of benzene rings is 1. The normalized spacial score (nSPS) is 11.2. The van der Waals surface area contributed by atoms with Crippen molar-refractivity contribution >= 4 is 31.6 Å². The number of pyridine rings is 1. The van der Waals surface area contributed by atoms with Gasteiger partial charge in [0.15, 0.2) is 0 Å². The maximum atomic E-state index is 12.1. The molecule has 0 spiro atoms. The standard InChI is InChI=1S/C12H11BrN2O2S/c1-9-4-5-11(13)12(7-9)15-18(16,17)10-3-2-6-14-8-10/h2-8,15H,1H3. The Morgan fingerprint density at radius 3 is 2.72 bits per heavy atom. The molecule has 0 bridgehead atoms. The van der Waals surface area contributed by atoms with Gasteiger partial charge in [-0.2, -0.15) is 0 Å². The van der Waals surface area contributed by atoms with Gasteiger partial charge in [0.1, 0.15) is 4.90 Å². The first-order valence-electron chi connectivity index (χ1n) is 5.18. The number of hydrogen-bond donors (Lipinski definition) is 1. The fourth-order valence-electron chi connectivity index (χ4n) is 1.43. The van der Waals surface area contributed by atoms with E-state index in [-0.39, 0.29) is 4.90 Å². The molecule has 0 saturated carbocycles. The summed E-state index contributed by atoms with van der Waals surface area (Å²) in [5, 5.41) is 0. The fraction of sp³-hybridized carbons (Fsp3) is 0.0833. The lowest BCUT2D eigenvalue weighted by Crippen LogP contribution is -2.13. The molecule has 0 aliphatic heterocycles. The van der Waals surface area contributed by atoms with E-state index in [9.17, 15) is 8.42 Å². The monoisotopic (exact) mass is 326 g/mol. The molecule has 4 nitrogen and oxygen atoms in total. The van der Waals surface area contributed by atoms with Crippen molar-refractivity contribution in [1.29, 1.82) is 0 Å². The summed E-state index contributed by atoms with van der Waals surface area (Å²) >= 11 is 3.31. The molecule has 0 radical (unpaired) electrons. The van der Waals surface area contributed by atoms with E-state index in [1.807, 2.05) is 13.0 Å². The van der Waals surface area contributed by atoms with Crippen LogP contribution in [0.25, 0.3) is 0 Å². The number of nitrogens with zero attached hydrogens (tertiary/aromatic N) is 1. The van der Waals surface area contributed by atoms with Crippen LogP contribution >= 0.6 is 15.9 Å². The van der Waals surface area contributed by atoms with Crippen LogP contribution in [0.3, 0.4) is 0 Å². The van der Waals surface area contributed by atoms with E-state index in [0.717, 1.165) is 5.56 Å².